The van der Waals surface area contributed by atoms with E-state index in [9.17, 15) is 19.5 Å². The molecular formula is C34H41N5O10. The van der Waals surface area contributed by atoms with E-state index in [0.717, 1.165) is 5.39 Å². The molecule has 0 saturated carbocycles. The Balaban J connectivity index is 1.23. The summed E-state index contributed by atoms with van der Waals surface area (Å²) in [4.78, 5) is 54.1. The molecule has 1 aliphatic heterocycles. The van der Waals surface area contributed by atoms with Gasteiger partial charge in [0, 0.05) is 37.7 Å². The Morgan fingerprint density at radius 2 is 1.86 bits per heavy atom. The number of carbonyl (C=O) groups excluding carboxylic acids is 3. The molecule has 15 heteroatoms. The maximum atomic E-state index is 13.3. The van der Waals surface area contributed by atoms with Crippen molar-refractivity contribution in [3.63, 3.8) is 0 Å². The number of aliphatic hydroxyl groups excluding tert-OH is 2. The van der Waals surface area contributed by atoms with Crippen LogP contribution in [0, 0.1) is 5.92 Å². The summed E-state index contributed by atoms with van der Waals surface area (Å²) in [5.74, 6) is -0.715. The van der Waals surface area contributed by atoms with Crippen molar-refractivity contribution in [3.05, 3.63) is 42.6 Å². The van der Waals surface area contributed by atoms with Gasteiger partial charge < -0.3 is 43.8 Å². The highest BCUT2D eigenvalue weighted by atomic mass is 16.6. The fourth-order valence-corrected chi connectivity index (χ4v) is 5.18. The molecule has 49 heavy (non-hydrogen) atoms. The van der Waals surface area contributed by atoms with Gasteiger partial charge in [-0.25, -0.2) is 19.7 Å². The van der Waals surface area contributed by atoms with Crippen LogP contribution in [0.2, 0.25) is 0 Å². The van der Waals surface area contributed by atoms with E-state index in [4.69, 9.17) is 38.4 Å². The highest BCUT2D eigenvalue weighted by Gasteiger charge is 2.27. The molecule has 2 unspecified atom stereocenters. The molecule has 4 heterocycles. The van der Waals surface area contributed by atoms with Crippen molar-refractivity contribution in [2.24, 2.45) is 5.92 Å². The highest BCUT2D eigenvalue weighted by molar-refractivity contribution is 6.05. The molecular weight excluding hydrogens is 638 g/mol. The van der Waals surface area contributed by atoms with Gasteiger partial charge in [-0.05, 0) is 43.5 Å². The van der Waals surface area contributed by atoms with Crippen molar-refractivity contribution < 1.29 is 48.0 Å². The van der Waals surface area contributed by atoms with Gasteiger partial charge in [0.2, 0.25) is 11.6 Å². The first kappa shape index (κ1) is 35.6. The first-order chi connectivity index (χ1) is 23.6. The van der Waals surface area contributed by atoms with Gasteiger partial charge in [-0.1, -0.05) is 26.0 Å². The number of morpholine rings is 1. The molecule has 4 aromatic rings. The first-order valence-corrected chi connectivity index (χ1v) is 16.2. The Labute approximate surface area is 282 Å². The molecule has 1 aromatic carbocycles. The molecule has 1 amide bonds. The number of hydrogen-bond acceptors (Lipinski definition) is 14. The number of rotatable bonds is 15. The molecule has 0 radical (unpaired) electrons. The molecule has 0 spiro atoms. The average molecular weight is 680 g/mol. The number of anilines is 1. The van der Waals surface area contributed by atoms with Gasteiger partial charge in [-0.15, -0.1) is 0 Å². The number of nitrogens with one attached hydrogen (secondary N) is 1. The van der Waals surface area contributed by atoms with Crippen LogP contribution < -0.4 is 15.0 Å². The number of furan rings is 1. The Kier molecular flexibility index (Phi) is 12.1. The smallest absolute Gasteiger partial charge is 0.334 e. The van der Waals surface area contributed by atoms with E-state index < -0.39 is 42.9 Å². The SMILES string of the molecule is CC(CO)OC(O)COC(=O)CCCC(=O)N[C@H](C(=O)Oc1cccc(-c2nc(N3CCOCC3)c3oc4ncccc4c3n2)c1)C(C)C. The van der Waals surface area contributed by atoms with Gasteiger partial charge in [0.05, 0.1) is 31.3 Å². The number of carbonyl (C=O) groups is 3. The number of nitrogens with zero attached hydrogens (tertiary/aromatic N) is 4. The van der Waals surface area contributed by atoms with Gasteiger partial charge in [0.15, 0.2) is 23.5 Å². The third kappa shape index (κ3) is 9.26. The largest absolute Gasteiger partial charge is 0.460 e. The number of ether oxygens (including phenoxy) is 4. The summed E-state index contributed by atoms with van der Waals surface area (Å²) < 4.78 is 27.3. The van der Waals surface area contributed by atoms with Crippen LogP contribution in [0.4, 0.5) is 5.82 Å². The Hall–Kier alpha value is -4.70. The normalized spacial score (nSPS) is 15.3. The zero-order chi connectivity index (χ0) is 34.9. The zero-order valence-electron chi connectivity index (χ0n) is 27.7. The molecule has 5 rings (SSSR count). The predicted molar refractivity (Wildman–Crippen MR) is 176 cm³/mol. The summed E-state index contributed by atoms with van der Waals surface area (Å²) in [6.07, 6.45) is -0.276. The van der Waals surface area contributed by atoms with Gasteiger partial charge in [-0.2, -0.15) is 0 Å². The number of pyridine rings is 1. The third-order valence-corrected chi connectivity index (χ3v) is 7.75. The summed E-state index contributed by atoms with van der Waals surface area (Å²) in [7, 11) is 0. The zero-order valence-corrected chi connectivity index (χ0v) is 27.7. The summed E-state index contributed by atoms with van der Waals surface area (Å²) in [6, 6.07) is 9.61. The summed E-state index contributed by atoms with van der Waals surface area (Å²) >= 11 is 0. The quantitative estimate of drug-likeness (QED) is 0.0942. The predicted octanol–water partition coefficient (Wildman–Crippen LogP) is 2.75. The van der Waals surface area contributed by atoms with E-state index >= 15 is 0 Å². The van der Waals surface area contributed by atoms with Crippen LogP contribution in [0.1, 0.15) is 40.0 Å². The molecule has 15 nitrogen and oxygen atoms in total. The van der Waals surface area contributed by atoms with Crippen LogP contribution in [0.25, 0.3) is 33.6 Å². The number of aromatic nitrogens is 3. The van der Waals surface area contributed by atoms with Crippen molar-refractivity contribution in [2.75, 3.05) is 44.4 Å². The van der Waals surface area contributed by atoms with Crippen molar-refractivity contribution in [3.8, 4) is 17.1 Å². The van der Waals surface area contributed by atoms with Crippen molar-refractivity contribution in [1.82, 2.24) is 20.3 Å². The van der Waals surface area contributed by atoms with E-state index in [1.165, 1.54) is 0 Å². The number of fused-ring (bicyclic) bond motifs is 3. The second-order valence-corrected chi connectivity index (χ2v) is 12.0. The second kappa shape index (κ2) is 16.6. The van der Waals surface area contributed by atoms with Crippen LogP contribution in [-0.2, 0) is 28.6 Å². The second-order valence-electron chi connectivity index (χ2n) is 12.0. The molecule has 1 fully saturated rings. The molecule has 262 valence electrons. The molecule has 3 N–H and O–H groups in total. The summed E-state index contributed by atoms with van der Waals surface area (Å²) in [5, 5.41) is 22.1. The lowest BCUT2D eigenvalue weighted by Crippen LogP contribution is -2.46. The topological polar surface area (TPSA) is 196 Å². The van der Waals surface area contributed by atoms with Gasteiger partial charge in [-0.3, -0.25) is 9.59 Å². The van der Waals surface area contributed by atoms with Crippen LogP contribution in [0.5, 0.6) is 5.75 Å². The van der Waals surface area contributed by atoms with Gasteiger partial charge >= 0.3 is 11.9 Å². The minimum Gasteiger partial charge on any atom is -0.460 e. The van der Waals surface area contributed by atoms with Crippen LogP contribution in [0.15, 0.2) is 47.0 Å². The summed E-state index contributed by atoms with van der Waals surface area (Å²) in [5.41, 5.74) is 2.22. The Morgan fingerprint density at radius 1 is 1.06 bits per heavy atom. The molecule has 0 bridgehead atoms. The van der Waals surface area contributed by atoms with E-state index in [1.54, 1.807) is 45.2 Å². The molecule has 1 saturated heterocycles. The summed E-state index contributed by atoms with van der Waals surface area (Å²) in [6.45, 7) is 6.80. The van der Waals surface area contributed by atoms with Crippen LogP contribution in [-0.4, -0.2) is 101 Å². The fraction of sp³-hybridized carbons (Fsp3) is 0.471. The lowest BCUT2D eigenvalue weighted by atomic mass is 10.0. The third-order valence-electron chi connectivity index (χ3n) is 7.75. The molecule has 3 aromatic heterocycles. The fourth-order valence-electron chi connectivity index (χ4n) is 5.18. The number of hydrogen-bond donors (Lipinski definition) is 3. The van der Waals surface area contributed by atoms with E-state index in [0.29, 0.717) is 60.3 Å². The Bertz CT molecular complexity index is 1760. The molecule has 3 atom stereocenters. The lowest BCUT2D eigenvalue weighted by molar-refractivity contribution is -0.180. The van der Waals surface area contributed by atoms with Gasteiger partial charge in [0.1, 0.15) is 23.9 Å². The maximum absolute atomic E-state index is 13.3. The van der Waals surface area contributed by atoms with Crippen molar-refractivity contribution >= 4 is 45.9 Å². The van der Waals surface area contributed by atoms with Crippen molar-refractivity contribution in [2.45, 2.75) is 58.5 Å². The van der Waals surface area contributed by atoms with Crippen LogP contribution in [0.3, 0.4) is 0 Å². The number of amides is 1. The molecule has 0 aliphatic carbocycles. The molecule has 1 aliphatic rings. The lowest BCUT2D eigenvalue weighted by Gasteiger charge is -2.27. The van der Waals surface area contributed by atoms with Crippen molar-refractivity contribution in [1.29, 1.82) is 0 Å². The van der Waals surface area contributed by atoms with E-state index in [1.807, 2.05) is 18.2 Å². The Morgan fingerprint density at radius 3 is 2.61 bits per heavy atom. The average Bonchev–Trinajstić information content (AvgIpc) is 3.48. The number of esters is 2. The number of aliphatic hydroxyl groups is 2. The van der Waals surface area contributed by atoms with Gasteiger partial charge in [0.25, 0.3) is 0 Å². The van der Waals surface area contributed by atoms with E-state index in [-0.39, 0.29) is 37.5 Å². The maximum Gasteiger partial charge on any atom is 0.334 e. The van der Waals surface area contributed by atoms with E-state index in [2.05, 4.69) is 15.2 Å². The van der Waals surface area contributed by atoms with Crippen LogP contribution >= 0.6 is 0 Å². The minimum atomic E-state index is -1.37. The first-order valence-electron chi connectivity index (χ1n) is 16.2. The standard InChI is InChI=1S/C34H41N5O10/c1-20(2)28(36-25(41)10-5-11-26(42)46-19-27(43)47-21(3)18-40)34(44)48-23-8-4-7-22(17-23)31-37-29-24-9-6-12-35-33(24)49-30(29)32(38-31)39-13-15-45-16-14-39/h4,6-9,12,17,20-21,27-28,40,43H,5,10-11,13-16,18-19H2,1-3H3,(H,36,41)/t21?,27?,28-/m0/s1. The monoisotopic (exact) mass is 679 g/mol. The minimum absolute atomic E-state index is 0.0365. The highest BCUT2D eigenvalue weighted by Crippen LogP contribution is 2.35. The number of benzene rings is 1.